The lowest BCUT2D eigenvalue weighted by Gasteiger charge is -2.50. The topological polar surface area (TPSA) is 618 Å². The second-order valence-corrected chi connectivity index (χ2v) is 21.0. The smallest absolute Gasteiger partial charge is 0.397 e. The summed E-state index contributed by atoms with van der Waals surface area (Å²) in [6, 6.07) is -6.08. The lowest BCUT2D eigenvalue weighted by molar-refractivity contribution is -0.374. The Morgan fingerprint density at radius 2 is 0.835 bits per heavy atom. The maximum atomic E-state index is 12.8. The van der Waals surface area contributed by atoms with Gasteiger partial charge in [-0.25, -0.2) is 22.1 Å². The molecule has 5 saturated heterocycles. The molecule has 0 radical (unpaired) electrons. The largest absolute Gasteiger partial charge is 0.479 e. The lowest BCUT2D eigenvalue weighted by Crippen LogP contribution is -2.71. The van der Waals surface area contributed by atoms with Crippen LogP contribution in [-0.2, 0) is 110 Å². The van der Waals surface area contributed by atoms with Crippen LogP contribution in [0.1, 0.15) is 20.8 Å². The molecule has 0 aromatic carbocycles. The number of rotatable bonds is 22. The average molecular weight is 1220 g/mol. The minimum atomic E-state index is -5.96. The SMILES string of the molecule is CC(=O)N[C@H]1[C@@H](O[C@H]2[C@H](O)[C@@H](O)[C@H](O[C@H]3[C@H](OS(=O)(=O)O)[C@@H](NC(C)=O)[C@@H](O[C@H]4[C@H](O)[C@@H](O)[C@H](O[C@H]5[C@H](O)[C@@H](NC(C)=O)C(O)O[C@@H]5CO)O[C@@H]4C(=O)O)O[C@@H]3COS(=O)(=O)O)O[C@@H]2C(=O)O)O[C@H](COS(=O)(=O)O)[C@@H](O)[C@@H]1O. The first-order valence-corrected chi connectivity index (χ1v) is 26.6. The summed E-state index contributed by atoms with van der Waals surface area (Å²) in [5, 5.41) is 125. The van der Waals surface area contributed by atoms with Gasteiger partial charge in [-0.15, -0.1) is 0 Å². The van der Waals surface area contributed by atoms with Gasteiger partial charge in [0.1, 0.15) is 110 Å². The zero-order chi connectivity index (χ0) is 59.5. The Balaban J connectivity index is 1.49. The fraction of sp³-hybridized carbons (Fsp3) is 0.861. The van der Waals surface area contributed by atoms with Gasteiger partial charge >= 0.3 is 43.1 Å². The van der Waals surface area contributed by atoms with Crippen LogP contribution >= 0.6 is 0 Å². The molecule has 43 heteroatoms. The van der Waals surface area contributed by atoms with Gasteiger partial charge in [-0.1, -0.05) is 0 Å². The van der Waals surface area contributed by atoms with E-state index in [2.05, 4.69) is 19.0 Å². The van der Waals surface area contributed by atoms with E-state index in [1.165, 1.54) is 0 Å². The van der Waals surface area contributed by atoms with Crippen LogP contribution < -0.4 is 16.0 Å². The average Bonchev–Trinajstić information content (AvgIpc) is 3.41. The minimum absolute atomic E-state index is 0.714. The van der Waals surface area contributed by atoms with Gasteiger partial charge in [-0.2, -0.15) is 25.3 Å². The number of carbonyl (C=O) groups excluding carboxylic acids is 3. The number of ether oxygens (including phenoxy) is 9. The van der Waals surface area contributed by atoms with Crippen molar-refractivity contribution in [3.05, 3.63) is 0 Å². The highest BCUT2D eigenvalue weighted by atomic mass is 32.3. The number of hydrogen-bond acceptors (Lipinski definition) is 32. The van der Waals surface area contributed by atoms with Crippen LogP contribution in [0.25, 0.3) is 0 Å². The van der Waals surface area contributed by atoms with Crippen LogP contribution in [0.5, 0.6) is 0 Å². The fourth-order valence-corrected chi connectivity index (χ4v) is 9.82. The molecule has 5 aliphatic rings. The van der Waals surface area contributed by atoms with Gasteiger partial charge in [0, 0.05) is 20.8 Å². The predicted octanol–water partition coefficient (Wildman–Crippen LogP) is -11.8. The van der Waals surface area contributed by atoms with Crippen molar-refractivity contribution in [2.75, 3.05) is 19.8 Å². The number of carboxylic acid groups (broad SMARTS) is 2. The summed E-state index contributed by atoms with van der Waals surface area (Å²) in [5.41, 5.74) is 0. The van der Waals surface area contributed by atoms with Crippen molar-refractivity contribution in [1.29, 1.82) is 0 Å². The summed E-state index contributed by atoms with van der Waals surface area (Å²) in [6.07, 6.45) is -52.8. The molecular formula is C36H57N3O37S3. The van der Waals surface area contributed by atoms with Crippen LogP contribution in [0, 0.1) is 0 Å². The van der Waals surface area contributed by atoms with Crippen LogP contribution in [0.15, 0.2) is 0 Å². The van der Waals surface area contributed by atoms with E-state index in [0.717, 1.165) is 13.8 Å². The van der Waals surface area contributed by atoms with E-state index in [9.17, 15) is 115 Å². The quantitative estimate of drug-likeness (QED) is 0.0448. The van der Waals surface area contributed by atoms with E-state index < -0.39 is 234 Å². The molecule has 25 atom stereocenters. The molecule has 5 rings (SSSR count). The maximum Gasteiger partial charge on any atom is 0.397 e. The number of aliphatic carboxylic acids is 2. The molecule has 17 N–H and O–H groups in total. The Hall–Kier alpha value is -3.76. The highest BCUT2D eigenvalue weighted by Crippen LogP contribution is 2.37. The van der Waals surface area contributed by atoms with Crippen molar-refractivity contribution in [3.63, 3.8) is 0 Å². The number of carbonyl (C=O) groups is 5. The second kappa shape index (κ2) is 26.7. The van der Waals surface area contributed by atoms with Gasteiger partial charge in [-0.05, 0) is 0 Å². The maximum absolute atomic E-state index is 12.8. The van der Waals surface area contributed by atoms with Gasteiger partial charge in [0.2, 0.25) is 17.7 Å². The van der Waals surface area contributed by atoms with Crippen LogP contribution in [0.3, 0.4) is 0 Å². The van der Waals surface area contributed by atoms with Gasteiger partial charge in [0.25, 0.3) is 0 Å². The Bertz CT molecular complexity index is 2500. The van der Waals surface area contributed by atoms with E-state index in [1.807, 2.05) is 5.32 Å². The van der Waals surface area contributed by atoms with Crippen molar-refractivity contribution in [3.8, 4) is 0 Å². The number of nitrogens with one attached hydrogen (secondary N) is 3. The van der Waals surface area contributed by atoms with Gasteiger partial charge < -0.3 is 115 Å². The first-order valence-electron chi connectivity index (χ1n) is 22.5. The third-order valence-electron chi connectivity index (χ3n) is 12.1. The Morgan fingerprint density at radius 1 is 0.430 bits per heavy atom. The molecule has 5 fully saturated rings. The van der Waals surface area contributed by atoms with Crippen molar-refractivity contribution >= 4 is 60.9 Å². The molecule has 0 aromatic heterocycles. The van der Waals surface area contributed by atoms with Gasteiger partial charge in [-0.3, -0.25) is 28.0 Å². The molecule has 79 heavy (non-hydrogen) atoms. The third-order valence-corrected chi connectivity index (χ3v) is 13.4. The molecule has 0 bridgehead atoms. The lowest BCUT2D eigenvalue weighted by atomic mass is 9.94. The fourth-order valence-electron chi connectivity index (χ4n) is 8.70. The third kappa shape index (κ3) is 16.9. The highest BCUT2D eigenvalue weighted by molar-refractivity contribution is 7.81. The number of carboxylic acids is 2. The normalized spacial score (nSPS) is 41.4. The highest BCUT2D eigenvalue weighted by Gasteiger charge is 2.60. The summed E-state index contributed by atoms with van der Waals surface area (Å²) >= 11 is 0. The molecule has 0 aliphatic carbocycles. The molecule has 0 saturated carbocycles. The minimum Gasteiger partial charge on any atom is -0.479 e. The van der Waals surface area contributed by atoms with E-state index in [0.29, 0.717) is 6.92 Å². The molecule has 0 spiro atoms. The Kier molecular flexibility index (Phi) is 22.3. The number of aliphatic hydroxyl groups is 9. The summed E-state index contributed by atoms with van der Waals surface area (Å²) in [5.74, 6) is -7.29. The molecule has 5 aliphatic heterocycles. The zero-order valence-electron chi connectivity index (χ0n) is 40.4. The number of aliphatic hydroxyl groups excluding tert-OH is 9. The van der Waals surface area contributed by atoms with E-state index >= 15 is 0 Å². The summed E-state index contributed by atoms with van der Waals surface area (Å²) in [4.78, 5) is 62.2. The Morgan fingerprint density at radius 3 is 1.27 bits per heavy atom. The molecule has 456 valence electrons. The summed E-state index contributed by atoms with van der Waals surface area (Å²) in [6.45, 7) is -1.43. The van der Waals surface area contributed by atoms with E-state index in [1.54, 1.807) is 0 Å². The van der Waals surface area contributed by atoms with Gasteiger partial charge in [0.05, 0.1) is 19.8 Å². The first-order chi connectivity index (χ1) is 36.4. The molecule has 0 aromatic rings. The van der Waals surface area contributed by atoms with Crippen molar-refractivity contribution < 1.29 is 174 Å². The second-order valence-electron chi connectivity index (χ2n) is 17.8. The van der Waals surface area contributed by atoms with Crippen molar-refractivity contribution in [2.24, 2.45) is 0 Å². The van der Waals surface area contributed by atoms with E-state index in [4.69, 9.17) is 51.4 Å². The molecule has 1 unspecified atom stereocenters. The first kappa shape index (κ1) is 66.0. The Labute approximate surface area is 444 Å². The zero-order valence-corrected chi connectivity index (χ0v) is 42.9. The molecular weight excluding hydrogens is 1160 g/mol. The van der Waals surface area contributed by atoms with Crippen molar-refractivity contribution in [2.45, 2.75) is 174 Å². The standard InChI is InChI=1S/C36H57N3O37S3/c1-7(41)37-13-18(46)23(10(4-40)67-32(13)55)70-35-21(49)19(47)27(29(74-35)31(53)54)73-34-15(39-9(3)43)25(76-79(62,63)64)24(12(69-34)6-66-78(59,60)61)71-36-22(50)20(48)26(28(75-36)30(51)52)72-33-14(38-8(2)42)17(45)16(44)11(68-33)5-65-77(56,57)58/h10-29,32-36,40,44-50,55H,4-6H2,1-3H3,(H,37,41)(H,38,42)(H,39,43)(H,51,52)(H,53,54)(H,56,57,58)(H,59,60,61)(H,62,63,64)/t10-,11-,12-,13-,14-,15-,16-,17-,18-,19-,20-,21-,22-,23-,24-,25-,26+,27+,28+,29+,32?,33-,34-,35-,36-/m1/s1. The van der Waals surface area contributed by atoms with Gasteiger partial charge in [0.15, 0.2) is 43.7 Å². The van der Waals surface area contributed by atoms with Crippen LogP contribution in [0.2, 0.25) is 0 Å². The summed E-state index contributed by atoms with van der Waals surface area (Å²) < 4.78 is 163. The predicted molar refractivity (Wildman–Crippen MR) is 234 cm³/mol. The molecule has 40 nitrogen and oxygen atoms in total. The van der Waals surface area contributed by atoms with Crippen molar-refractivity contribution in [1.82, 2.24) is 16.0 Å². The van der Waals surface area contributed by atoms with Crippen LogP contribution in [-0.4, -0.2) is 298 Å². The van der Waals surface area contributed by atoms with Crippen LogP contribution in [0.4, 0.5) is 0 Å². The summed E-state index contributed by atoms with van der Waals surface area (Å²) in [7, 11) is -16.9. The monoisotopic (exact) mass is 1220 g/mol. The molecule has 5 heterocycles. The number of hydrogen-bond donors (Lipinski definition) is 17. The van der Waals surface area contributed by atoms with E-state index in [-0.39, 0.29) is 0 Å². The molecule has 3 amide bonds. The number of amides is 3.